The van der Waals surface area contributed by atoms with Gasteiger partial charge in [0.25, 0.3) is 0 Å². The van der Waals surface area contributed by atoms with Crippen molar-refractivity contribution in [1.29, 1.82) is 0 Å². The lowest BCUT2D eigenvalue weighted by Gasteiger charge is -2.39. The number of hydrogen-bond donors (Lipinski definition) is 0. The van der Waals surface area contributed by atoms with Crippen LogP contribution in [0.25, 0.3) is 0 Å². The van der Waals surface area contributed by atoms with Crippen LogP contribution in [0.1, 0.15) is 53.0 Å². The molecule has 4 rings (SSSR count). The van der Waals surface area contributed by atoms with Crippen molar-refractivity contribution in [3.63, 3.8) is 0 Å². The van der Waals surface area contributed by atoms with Crippen LogP contribution in [0.5, 0.6) is 0 Å². The predicted octanol–water partition coefficient (Wildman–Crippen LogP) is 5.38. The van der Waals surface area contributed by atoms with Crippen molar-refractivity contribution >= 4 is 11.8 Å². The lowest BCUT2D eigenvalue weighted by Crippen LogP contribution is -2.53. The second-order valence-corrected chi connectivity index (χ2v) is 12.3. The number of methoxy groups -OCH3 is 1. The summed E-state index contributed by atoms with van der Waals surface area (Å²) in [6.07, 6.45) is 7.97. The molecule has 2 fully saturated rings. The summed E-state index contributed by atoms with van der Waals surface area (Å²) >= 11 is 0. The Morgan fingerprint density at radius 2 is 1.91 bits per heavy atom. The van der Waals surface area contributed by atoms with Gasteiger partial charge < -0.3 is 9.47 Å². The largest absolute Gasteiger partial charge is 0.468 e. The van der Waals surface area contributed by atoms with E-state index >= 15 is 0 Å². The molecule has 8 heteroatoms. The molecule has 0 unspecified atom stereocenters. The van der Waals surface area contributed by atoms with Gasteiger partial charge in [-0.15, -0.1) is 6.42 Å². The number of terminal acetylenes is 1. The molecule has 1 aromatic rings. The molecule has 3 aliphatic rings. The minimum absolute atomic E-state index is 0.0817. The third-order valence-corrected chi connectivity index (χ3v) is 9.49. The molecule has 0 saturated heterocycles. The molecule has 43 heavy (non-hydrogen) atoms. The Kier molecular flexibility index (Phi) is 10.2. The van der Waals surface area contributed by atoms with Crippen molar-refractivity contribution in [1.82, 2.24) is 0 Å². The summed E-state index contributed by atoms with van der Waals surface area (Å²) in [6, 6.07) is 9.86. The van der Waals surface area contributed by atoms with E-state index in [0.29, 0.717) is 24.2 Å². The van der Waals surface area contributed by atoms with E-state index in [1.807, 2.05) is 43.3 Å². The smallest absolute Gasteiger partial charge is 0.320 e. The Labute approximate surface area is 254 Å². The minimum atomic E-state index is -1.68. The summed E-state index contributed by atoms with van der Waals surface area (Å²) in [5, 5.41) is 0. The second-order valence-electron chi connectivity index (χ2n) is 12.3. The lowest BCUT2D eigenvalue weighted by atomic mass is 9.67. The fraction of sp³-hybridized carbons (Fsp3) is 0.543. The summed E-state index contributed by atoms with van der Waals surface area (Å²) in [4.78, 5) is 51.1. The fourth-order valence-electron chi connectivity index (χ4n) is 7.12. The Morgan fingerprint density at radius 1 is 1.19 bits per heavy atom. The average Bonchev–Trinajstić information content (AvgIpc) is 3.36. The van der Waals surface area contributed by atoms with E-state index in [1.165, 1.54) is 7.11 Å². The van der Waals surface area contributed by atoms with Crippen LogP contribution in [0, 0.1) is 58.9 Å². The van der Waals surface area contributed by atoms with E-state index in [-0.39, 0.29) is 42.0 Å². The first kappa shape index (κ1) is 32.5. The average molecular weight is 591 g/mol. The van der Waals surface area contributed by atoms with Gasteiger partial charge in [-0.1, -0.05) is 63.8 Å². The molecule has 3 aliphatic carbocycles. The molecule has 1 aromatic carbocycles. The maximum absolute atomic E-state index is 14.6. The standard InChI is InChI=1S/C35H42O8/c1-9-11-17-41-42-30-23(4)20-35(33(37)38-8)29(30)31(43-40-10-2)24(5)28(39-21-25-15-13-12-14-16-25)19-27-26(34(27,6)7)18-22(3)32(35)36/h1,12-16,18,23,26-31H,5,10,19-21H2,2-4,6-8H3/b22-18+/t23-,26+,27-,28-,29+,30-,31-,35+/m0/s1. The molecule has 8 nitrogen and oxygen atoms in total. The monoisotopic (exact) mass is 590 g/mol. The number of fused-ring (bicyclic) bond motifs is 2. The third-order valence-electron chi connectivity index (χ3n) is 9.49. The van der Waals surface area contributed by atoms with Crippen LogP contribution in [0.2, 0.25) is 0 Å². The zero-order chi connectivity index (χ0) is 31.4. The molecule has 0 aliphatic heterocycles. The van der Waals surface area contributed by atoms with Gasteiger partial charge in [-0.05, 0) is 72.5 Å². The number of ketones is 1. The van der Waals surface area contributed by atoms with Crippen LogP contribution in [-0.4, -0.2) is 43.8 Å². The Balaban J connectivity index is 1.88. The van der Waals surface area contributed by atoms with Crippen molar-refractivity contribution in [3.05, 3.63) is 59.7 Å². The number of esters is 1. The summed E-state index contributed by atoms with van der Waals surface area (Å²) < 4.78 is 11.9. The highest BCUT2D eigenvalue weighted by Gasteiger charge is 2.67. The molecule has 0 amide bonds. The van der Waals surface area contributed by atoms with Gasteiger partial charge in [-0.25, -0.2) is 9.78 Å². The van der Waals surface area contributed by atoms with Crippen molar-refractivity contribution in [2.24, 2.45) is 34.5 Å². The Morgan fingerprint density at radius 3 is 2.56 bits per heavy atom. The first-order valence-corrected chi connectivity index (χ1v) is 14.8. The maximum atomic E-state index is 14.6. The first-order chi connectivity index (χ1) is 20.5. The number of carbonyl (C=O) groups excluding carboxylic acids is 2. The molecule has 0 radical (unpaired) electrons. The number of benzene rings is 1. The van der Waals surface area contributed by atoms with Gasteiger partial charge in [-0.2, -0.15) is 4.89 Å². The van der Waals surface area contributed by atoms with Gasteiger partial charge in [0.05, 0.1) is 26.4 Å². The summed E-state index contributed by atoms with van der Waals surface area (Å²) in [5.41, 5.74) is 0.261. The van der Waals surface area contributed by atoms with Gasteiger partial charge in [0.15, 0.2) is 11.9 Å². The third kappa shape index (κ3) is 6.30. The van der Waals surface area contributed by atoms with E-state index in [1.54, 1.807) is 13.8 Å². The molecule has 0 bridgehead atoms. The van der Waals surface area contributed by atoms with Gasteiger partial charge in [-0.3, -0.25) is 14.5 Å². The molecule has 2 saturated carbocycles. The van der Waals surface area contributed by atoms with E-state index in [0.717, 1.165) is 5.56 Å². The molecule has 8 atom stereocenters. The van der Waals surface area contributed by atoms with Crippen molar-refractivity contribution in [3.8, 4) is 24.4 Å². The highest BCUT2D eigenvalue weighted by atomic mass is 17.2. The molecule has 0 spiro atoms. The Hall–Kier alpha value is -3.40. The topological polar surface area (TPSA) is 89.5 Å². The van der Waals surface area contributed by atoms with Crippen LogP contribution < -0.4 is 0 Å². The molecule has 0 aromatic heterocycles. The summed E-state index contributed by atoms with van der Waals surface area (Å²) in [6.45, 7) is 14.8. The summed E-state index contributed by atoms with van der Waals surface area (Å²) in [5.74, 6) is 2.48. The fourth-order valence-corrected chi connectivity index (χ4v) is 7.12. The number of carbonyl (C=O) groups is 2. The minimum Gasteiger partial charge on any atom is -0.468 e. The van der Waals surface area contributed by atoms with Crippen LogP contribution in [0.15, 0.2) is 54.1 Å². The maximum Gasteiger partial charge on any atom is 0.320 e. The highest BCUT2D eigenvalue weighted by molar-refractivity contribution is 6.12. The predicted molar refractivity (Wildman–Crippen MR) is 159 cm³/mol. The van der Waals surface area contributed by atoms with Crippen LogP contribution >= 0.6 is 0 Å². The van der Waals surface area contributed by atoms with Gasteiger partial charge in [0, 0.05) is 11.8 Å². The second kappa shape index (κ2) is 13.5. The van der Waals surface area contributed by atoms with Gasteiger partial charge >= 0.3 is 5.97 Å². The molecule has 0 N–H and O–H groups in total. The highest BCUT2D eigenvalue weighted by Crippen LogP contribution is 2.63. The van der Waals surface area contributed by atoms with E-state index in [2.05, 4.69) is 38.4 Å². The van der Waals surface area contributed by atoms with Crippen molar-refractivity contribution < 1.29 is 38.6 Å². The normalized spacial score (nSPS) is 34.2. The molecule has 230 valence electrons. The lowest BCUT2D eigenvalue weighted by molar-refractivity contribution is -0.348. The summed E-state index contributed by atoms with van der Waals surface area (Å²) in [7, 11) is 1.28. The van der Waals surface area contributed by atoms with E-state index in [4.69, 9.17) is 35.4 Å². The number of Topliss-reactive ketones (excluding diaryl/α,β-unsaturated/α-hetero) is 1. The number of allylic oxidation sites excluding steroid dienone is 2. The first-order valence-electron chi connectivity index (χ1n) is 14.8. The van der Waals surface area contributed by atoms with Crippen LogP contribution in [0.3, 0.4) is 0 Å². The molecular weight excluding hydrogens is 548 g/mol. The quantitative estimate of drug-likeness (QED) is 0.0946. The van der Waals surface area contributed by atoms with Crippen molar-refractivity contribution in [2.75, 3.05) is 13.7 Å². The SMILES string of the molecule is C#CC#COO[C@@H]1[C@@H]2[C@@H](OOCC)C(=C)[C@@H](OCc3ccccc3)C[C@H]3[C@@H](/C=C(\C)C(=O)[C@@]2(C(=O)OC)C[C@@H]1C)C3(C)C. The number of ether oxygens (including phenoxy) is 2. The van der Waals surface area contributed by atoms with Crippen LogP contribution in [-0.2, 0) is 45.2 Å². The number of hydrogen-bond acceptors (Lipinski definition) is 8. The van der Waals surface area contributed by atoms with Crippen LogP contribution in [0.4, 0.5) is 0 Å². The molecular formula is C35H42O8. The number of rotatable bonds is 9. The van der Waals surface area contributed by atoms with E-state index < -0.39 is 35.6 Å². The van der Waals surface area contributed by atoms with Crippen molar-refractivity contribution in [2.45, 2.75) is 72.4 Å². The zero-order valence-electron chi connectivity index (χ0n) is 25.9. The van der Waals surface area contributed by atoms with E-state index in [9.17, 15) is 9.59 Å². The zero-order valence-corrected chi connectivity index (χ0v) is 25.9. The van der Waals surface area contributed by atoms with Gasteiger partial charge in [0.2, 0.25) is 0 Å². The molecule has 0 heterocycles. The van der Waals surface area contributed by atoms with Gasteiger partial charge in [0.1, 0.15) is 17.6 Å². The Bertz CT molecular complexity index is 1330.